The molecule has 2 aromatic rings. The van der Waals surface area contributed by atoms with Gasteiger partial charge in [0, 0.05) is 17.6 Å². The third kappa shape index (κ3) is 4.07. The lowest BCUT2D eigenvalue weighted by Gasteiger charge is -2.65. The Kier molecular flexibility index (Phi) is 5.04. The minimum atomic E-state index is -0.233. The van der Waals surface area contributed by atoms with E-state index in [4.69, 9.17) is 9.47 Å². The van der Waals surface area contributed by atoms with E-state index >= 15 is 0 Å². The van der Waals surface area contributed by atoms with Gasteiger partial charge >= 0.3 is 0 Å². The van der Waals surface area contributed by atoms with Crippen LogP contribution in [0.15, 0.2) is 42.5 Å². The van der Waals surface area contributed by atoms with Crippen molar-refractivity contribution in [1.82, 2.24) is 5.32 Å². The normalized spacial score (nSPS) is 33.5. The summed E-state index contributed by atoms with van der Waals surface area (Å²) < 4.78 is 25.0. The van der Waals surface area contributed by atoms with Crippen molar-refractivity contribution in [2.75, 3.05) is 7.11 Å². The molecule has 4 aliphatic rings. The Morgan fingerprint density at radius 3 is 2.32 bits per heavy atom. The third-order valence-electron chi connectivity index (χ3n) is 7.86. The second-order valence-corrected chi connectivity index (χ2v) is 11.1. The molecule has 0 saturated heterocycles. The average Bonchev–Trinajstić information content (AvgIpc) is 2.69. The molecule has 4 heteroatoms. The minimum absolute atomic E-state index is 0.233. The van der Waals surface area contributed by atoms with Crippen LogP contribution >= 0.6 is 0 Å². The summed E-state index contributed by atoms with van der Waals surface area (Å²) in [5.74, 6) is 2.15. The largest absolute Gasteiger partial charge is 0.493 e. The number of ether oxygens (including phenoxy) is 2. The van der Waals surface area contributed by atoms with Gasteiger partial charge in [-0.15, -0.1) is 0 Å². The molecule has 1 N–H and O–H groups in total. The summed E-state index contributed by atoms with van der Waals surface area (Å²) in [5.41, 5.74) is 3.26. The molecule has 0 amide bonds. The Labute approximate surface area is 185 Å². The molecule has 4 saturated carbocycles. The van der Waals surface area contributed by atoms with Crippen LogP contribution in [0, 0.1) is 22.6 Å². The van der Waals surface area contributed by atoms with Crippen LogP contribution in [-0.4, -0.2) is 12.6 Å². The van der Waals surface area contributed by atoms with E-state index in [2.05, 4.69) is 25.2 Å². The molecular formula is C27H34FNO2. The highest BCUT2D eigenvalue weighted by atomic mass is 19.1. The fourth-order valence-corrected chi connectivity index (χ4v) is 7.69. The van der Waals surface area contributed by atoms with Crippen molar-refractivity contribution in [3.05, 3.63) is 59.4 Å². The Morgan fingerprint density at radius 2 is 1.68 bits per heavy atom. The molecule has 2 aromatic carbocycles. The van der Waals surface area contributed by atoms with Gasteiger partial charge in [-0.1, -0.05) is 38.1 Å². The van der Waals surface area contributed by atoms with E-state index in [1.54, 1.807) is 19.2 Å². The molecule has 2 unspecified atom stereocenters. The van der Waals surface area contributed by atoms with Crippen molar-refractivity contribution in [3.8, 4) is 11.5 Å². The number of para-hydroxylation sites is 1. The summed E-state index contributed by atoms with van der Waals surface area (Å²) in [6, 6.07) is 12.6. The fourth-order valence-electron chi connectivity index (χ4n) is 7.69. The number of methoxy groups -OCH3 is 1. The molecule has 6 rings (SSSR count). The molecule has 3 nitrogen and oxygen atoms in total. The molecule has 0 spiro atoms. The van der Waals surface area contributed by atoms with Crippen LogP contribution in [0.4, 0.5) is 4.39 Å². The first-order valence-electron chi connectivity index (χ1n) is 11.6. The van der Waals surface area contributed by atoms with Crippen molar-refractivity contribution < 1.29 is 13.9 Å². The van der Waals surface area contributed by atoms with E-state index < -0.39 is 0 Å². The van der Waals surface area contributed by atoms with Gasteiger partial charge < -0.3 is 14.8 Å². The first-order valence-corrected chi connectivity index (χ1v) is 11.6. The van der Waals surface area contributed by atoms with Gasteiger partial charge in [-0.25, -0.2) is 4.39 Å². The Balaban J connectivity index is 1.34. The summed E-state index contributed by atoms with van der Waals surface area (Å²) in [6.07, 6.45) is 8.04. The summed E-state index contributed by atoms with van der Waals surface area (Å²) in [6.45, 7) is 6.18. The van der Waals surface area contributed by atoms with E-state index in [9.17, 15) is 4.39 Å². The molecule has 0 aliphatic heterocycles. The van der Waals surface area contributed by atoms with E-state index in [1.165, 1.54) is 50.7 Å². The van der Waals surface area contributed by atoms with Crippen LogP contribution in [0.1, 0.15) is 63.5 Å². The maximum absolute atomic E-state index is 13.2. The molecular weight excluding hydrogens is 389 g/mol. The third-order valence-corrected chi connectivity index (χ3v) is 7.86. The topological polar surface area (TPSA) is 30.5 Å². The molecule has 4 atom stereocenters. The van der Waals surface area contributed by atoms with Crippen molar-refractivity contribution in [2.24, 2.45) is 16.7 Å². The predicted octanol–water partition coefficient (Wildman–Crippen LogP) is 6.25. The van der Waals surface area contributed by atoms with Crippen molar-refractivity contribution >= 4 is 0 Å². The maximum Gasteiger partial charge on any atom is 0.166 e. The smallest absolute Gasteiger partial charge is 0.166 e. The number of benzene rings is 2. The number of hydrogen-bond donors (Lipinski definition) is 1. The van der Waals surface area contributed by atoms with Gasteiger partial charge in [-0.05, 0) is 79.0 Å². The van der Waals surface area contributed by atoms with Crippen LogP contribution in [0.25, 0.3) is 0 Å². The highest BCUT2D eigenvalue weighted by Gasteiger charge is 2.59. The second-order valence-electron chi connectivity index (χ2n) is 11.1. The molecule has 4 aliphatic carbocycles. The van der Waals surface area contributed by atoms with E-state index in [0.717, 1.165) is 35.1 Å². The summed E-state index contributed by atoms with van der Waals surface area (Å²) in [5, 5.41) is 4.01. The molecule has 0 aromatic heterocycles. The van der Waals surface area contributed by atoms with E-state index in [0.29, 0.717) is 17.4 Å². The number of rotatable bonds is 7. The SMILES string of the molecule is COc1cccc(CNC23CC4C[C@@](C)(C2)C[C@](C)(C4)C3)c1OCc1ccc(F)cc1. The lowest BCUT2D eigenvalue weighted by Crippen LogP contribution is -2.63. The van der Waals surface area contributed by atoms with E-state index in [1.807, 2.05) is 12.1 Å². The van der Waals surface area contributed by atoms with Crippen molar-refractivity contribution in [2.45, 2.75) is 71.1 Å². The fraction of sp³-hybridized carbons (Fsp3) is 0.556. The Hall–Kier alpha value is -2.07. The first-order chi connectivity index (χ1) is 14.8. The summed E-state index contributed by atoms with van der Waals surface area (Å²) in [4.78, 5) is 0. The molecule has 4 bridgehead atoms. The molecule has 0 radical (unpaired) electrons. The van der Waals surface area contributed by atoms with Crippen LogP contribution in [0.2, 0.25) is 0 Å². The summed E-state index contributed by atoms with van der Waals surface area (Å²) in [7, 11) is 1.68. The number of hydrogen-bond acceptors (Lipinski definition) is 3. The second kappa shape index (κ2) is 7.51. The minimum Gasteiger partial charge on any atom is -0.493 e. The molecule has 0 heterocycles. The zero-order valence-corrected chi connectivity index (χ0v) is 19.0. The lowest BCUT2D eigenvalue weighted by molar-refractivity contribution is -0.118. The quantitative estimate of drug-likeness (QED) is 0.571. The van der Waals surface area contributed by atoms with Crippen LogP contribution < -0.4 is 14.8 Å². The Morgan fingerprint density at radius 1 is 0.968 bits per heavy atom. The van der Waals surface area contributed by atoms with Crippen LogP contribution in [0.5, 0.6) is 11.5 Å². The van der Waals surface area contributed by atoms with Crippen LogP contribution in [-0.2, 0) is 13.2 Å². The zero-order valence-electron chi connectivity index (χ0n) is 19.0. The molecule has 166 valence electrons. The van der Waals surface area contributed by atoms with Gasteiger partial charge in [0.25, 0.3) is 0 Å². The molecule has 31 heavy (non-hydrogen) atoms. The highest BCUT2D eigenvalue weighted by molar-refractivity contribution is 5.47. The van der Waals surface area contributed by atoms with Gasteiger partial charge in [0.15, 0.2) is 11.5 Å². The zero-order chi connectivity index (χ0) is 21.7. The van der Waals surface area contributed by atoms with Gasteiger partial charge in [-0.2, -0.15) is 0 Å². The maximum atomic E-state index is 13.2. The average molecular weight is 424 g/mol. The van der Waals surface area contributed by atoms with Crippen molar-refractivity contribution in [1.29, 1.82) is 0 Å². The first kappa shape index (κ1) is 20.8. The van der Waals surface area contributed by atoms with Crippen LogP contribution in [0.3, 0.4) is 0 Å². The van der Waals surface area contributed by atoms with Gasteiger partial charge in [0.2, 0.25) is 0 Å². The molecule has 4 fully saturated rings. The van der Waals surface area contributed by atoms with Gasteiger partial charge in [-0.3, -0.25) is 0 Å². The summed E-state index contributed by atoms with van der Waals surface area (Å²) >= 11 is 0. The number of nitrogens with one attached hydrogen (secondary N) is 1. The van der Waals surface area contributed by atoms with Crippen molar-refractivity contribution in [3.63, 3.8) is 0 Å². The Bertz CT molecular complexity index is 938. The van der Waals surface area contributed by atoms with Gasteiger partial charge in [0.1, 0.15) is 12.4 Å². The monoisotopic (exact) mass is 423 g/mol. The highest BCUT2D eigenvalue weighted by Crippen LogP contribution is 2.66. The standard InChI is InChI=1S/C27H34FNO2/c1-25-11-20-12-26(2,16-25)18-27(13-20,17-25)29-14-21-5-4-6-23(30-3)24(21)31-15-19-7-9-22(28)10-8-19/h4-10,20,29H,11-18H2,1-3H3/t20?,25-,26+,27?. The number of halogens is 1. The van der Waals surface area contributed by atoms with Gasteiger partial charge in [0.05, 0.1) is 7.11 Å². The predicted molar refractivity (Wildman–Crippen MR) is 121 cm³/mol. The van der Waals surface area contributed by atoms with E-state index in [-0.39, 0.29) is 11.4 Å². The lowest BCUT2D eigenvalue weighted by atomic mass is 9.43.